The van der Waals surface area contributed by atoms with Crippen molar-refractivity contribution in [2.24, 2.45) is 5.73 Å². The van der Waals surface area contributed by atoms with Gasteiger partial charge in [-0.3, -0.25) is 4.79 Å². The summed E-state index contributed by atoms with van der Waals surface area (Å²) in [5.74, 6) is 0.473. The molecule has 0 fully saturated rings. The first kappa shape index (κ1) is 16.3. The topological polar surface area (TPSA) is 55.1 Å². The van der Waals surface area contributed by atoms with Crippen molar-refractivity contribution in [2.75, 3.05) is 12.3 Å². The Morgan fingerprint density at radius 3 is 2.71 bits per heavy atom. The van der Waals surface area contributed by atoms with Crippen molar-refractivity contribution < 1.29 is 4.79 Å². The van der Waals surface area contributed by atoms with Crippen LogP contribution in [-0.2, 0) is 4.79 Å². The number of halogens is 1. The van der Waals surface area contributed by atoms with Crippen molar-refractivity contribution in [3.63, 3.8) is 0 Å². The Kier molecular flexibility index (Phi) is 8.04. The van der Waals surface area contributed by atoms with Crippen LogP contribution in [0.4, 0.5) is 0 Å². The zero-order valence-electron chi connectivity index (χ0n) is 10.1. The number of rotatable bonds is 5. The second-order valence-corrected chi connectivity index (χ2v) is 4.78. The highest BCUT2D eigenvalue weighted by Crippen LogP contribution is 2.21. The summed E-state index contributed by atoms with van der Waals surface area (Å²) in [7, 11) is 0. The number of hydrogen-bond acceptors (Lipinski definition) is 3. The Hall–Kier alpha value is -0.710. The SMILES string of the molecule is Cc1ccccc1SCC(=O)N[C@@H](C)CN.Cl. The molecule has 1 atom stereocenters. The molecule has 0 saturated heterocycles. The van der Waals surface area contributed by atoms with Crippen LogP contribution in [0.3, 0.4) is 0 Å². The van der Waals surface area contributed by atoms with Crippen LogP contribution in [-0.4, -0.2) is 24.2 Å². The van der Waals surface area contributed by atoms with Crippen LogP contribution in [0.2, 0.25) is 0 Å². The molecule has 0 aliphatic carbocycles. The van der Waals surface area contributed by atoms with E-state index < -0.39 is 0 Å². The molecule has 5 heteroatoms. The summed E-state index contributed by atoms with van der Waals surface area (Å²) in [5.41, 5.74) is 6.63. The molecule has 0 saturated carbocycles. The summed E-state index contributed by atoms with van der Waals surface area (Å²) in [5, 5.41) is 2.83. The van der Waals surface area contributed by atoms with Gasteiger partial charge in [0.2, 0.25) is 5.91 Å². The molecule has 0 heterocycles. The fraction of sp³-hybridized carbons (Fsp3) is 0.417. The zero-order valence-corrected chi connectivity index (χ0v) is 11.7. The zero-order chi connectivity index (χ0) is 12.0. The van der Waals surface area contributed by atoms with E-state index in [-0.39, 0.29) is 24.4 Å². The van der Waals surface area contributed by atoms with E-state index in [1.54, 1.807) is 11.8 Å². The average molecular weight is 275 g/mol. The van der Waals surface area contributed by atoms with Crippen molar-refractivity contribution in [3.05, 3.63) is 29.8 Å². The predicted octanol–water partition coefficient (Wildman–Crippen LogP) is 1.97. The maximum Gasteiger partial charge on any atom is 0.230 e. The highest BCUT2D eigenvalue weighted by atomic mass is 35.5. The van der Waals surface area contributed by atoms with Gasteiger partial charge in [0.05, 0.1) is 5.75 Å². The monoisotopic (exact) mass is 274 g/mol. The molecule has 17 heavy (non-hydrogen) atoms. The quantitative estimate of drug-likeness (QED) is 0.807. The Morgan fingerprint density at radius 2 is 2.12 bits per heavy atom. The van der Waals surface area contributed by atoms with Gasteiger partial charge in [-0.1, -0.05) is 18.2 Å². The van der Waals surface area contributed by atoms with Crippen LogP contribution >= 0.6 is 24.2 Å². The standard InChI is InChI=1S/C12H18N2OS.ClH/c1-9-5-3-4-6-11(9)16-8-12(15)14-10(2)7-13;/h3-6,10H,7-8,13H2,1-2H3,(H,14,15);1H/t10-;/m0./s1. The molecule has 0 aromatic heterocycles. The molecule has 1 aromatic carbocycles. The highest BCUT2D eigenvalue weighted by molar-refractivity contribution is 8.00. The Labute approximate surface area is 113 Å². The van der Waals surface area contributed by atoms with E-state index in [0.717, 1.165) is 4.90 Å². The molecule has 0 aliphatic rings. The second-order valence-electron chi connectivity index (χ2n) is 3.76. The molecular formula is C12H19ClN2OS. The molecule has 0 bridgehead atoms. The fourth-order valence-electron chi connectivity index (χ4n) is 1.24. The lowest BCUT2D eigenvalue weighted by atomic mass is 10.2. The minimum Gasteiger partial charge on any atom is -0.352 e. The van der Waals surface area contributed by atoms with Gasteiger partial charge in [-0.15, -0.1) is 24.2 Å². The number of carbonyl (C=O) groups is 1. The Morgan fingerprint density at radius 1 is 1.47 bits per heavy atom. The largest absolute Gasteiger partial charge is 0.352 e. The van der Waals surface area contributed by atoms with Crippen molar-refractivity contribution in [2.45, 2.75) is 24.8 Å². The molecule has 3 nitrogen and oxygen atoms in total. The first-order valence-corrected chi connectivity index (χ1v) is 6.30. The molecule has 96 valence electrons. The van der Waals surface area contributed by atoms with Crippen LogP contribution in [0.1, 0.15) is 12.5 Å². The van der Waals surface area contributed by atoms with Crippen molar-refractivity contribution in [1.29, 1.82) is 0 Å². The van der Waals surface area contributed by atoms with E-state index in [1.165, 1.54) is 5.56 Å². The van der Waals surface area contributed by atoms with Gasteiger partial charge < -0.3 is 11.1 Å². The third-order valence-corrected chi connectivity index (χ3v) is 3.39. The smallest absolute Gasteiger partial charge is 0.230 e. The summed E-state index contributed by atoms with van der Waals surface area (Å²) < 4.78 is 0. The van der Waals surface area contributed by atoms with Gasteiger partial charge in [-0.05, 0) is 25.5 Å². The van der Waals surface area contributed by atoms with Gasteiger partial charge in [-0.2, -0.15) is 0 Å². The lowest BCUT2D eigenvalue weighted by molar-refractivity contribution is -0.119. The maximum atomic E-state index is 11.5. The van der Waals surface area contributed by atoms with E-state index >= 15 is 0 Å². The first-order chi connectivity index (χ1) is 7.63. The lowest BCUT2D eigenvalue weighted by Gasteiger charge is -2.11. The van der Waals surface area contributed by atoms with Crippen LogP contribution in [0, 0.1) is 6.92 Å². The molecule has 1 rings (SSSR count). The summed E-state index contributed by atoms with van der Waals surface area (Å²) in [4.78, 5) is 12.7. The van der Waals surface area contributed by atoms with E-state index in [4.69, 9.17) is 5.73 Å². The second kappa shape index (κ2) is 8.39. The first-order valence-electron chi connectivity index (χ1n) is 5.31. The maximum absolute atomic E-state index is 11.5. The van der Waals surface area contributed by atoms with Crippen LogP contribution in [0.5, 0.6) is 0 Å². The minimum absolute atomic E-state index is 0. The number of nitrogens with two attached hydrogens (primary N) is 1. The summed E-state index contributed by atoms with van der Waals surface area (Å²) in [6.07, 6.45) is 0. The van der Waals surface area contributed by atoms with E-state index in [1.807, 2.05) is 38.1 Å². The number of amides is 1. The third kappa shape index (κ3) is 5.96. The molecule has 1 aromatic rings. The predicted molar refractivity (Wildman–Crippen MR) is 75.8 cm³/mol. The number of hydrogen-bond donors (Lipinski definition) is 2. The number of aryl methyl sites for hydroxylation is 1. The van der Waals surface area contributed by atoms with Gasteiger partial charge in [0.1, 0.15) is 0 Å². The van der Waals surface area contributed by atoms with E-state index in [9.17, 15) is 4.79 Å². The van der Waals surface area contributed by atoms with Gasteiger partial charge in [0, 0.05) is 17.5 Å². The van der Waals surface area contributed by atoms with E-state index in [0.29, 0.717) is 12.3 Å². The molecule has 0 unspecified atom stereocenters. The number of nitrogens with one attached hydrogen (secondary N) is 1. The third-order valence-electron chi connectivity index (χ3n) is 2.21. The molecule has 0 aliphatic heterocycles. The van der Waals surface area contributed by atoms with Gasteiger partial charge in [0.25, 0.3) is 0 Å². The van der Waals surface area contributed by atoms with Crippen LogP contribution < -0.4 is 11.1 Å². The van der Waals surface area contributed by atoms with Gasteiger partial charge >= 0.3 is 0 Å². The van der Waals surface area contributed by atoms with Crippen molar-refractivity contribution >= 4 is 30.1 Å². The molecular weight excluding hydrogens is 256 g/mol. The minimum atomic E-state index is 0. The summed E-state index contributed by atoms with van der Waals surface area (Å²) >= 11 is 1.55. The molecule has 0 spiro atoms. The van der Waals surface area contributed by atoms with E-state index in [2.05, 4.69) is 5.32 Å². The van der Waals surface area contributed by atoms with Gasteiger partial charge in [0.15, 0.2) is 0 Å². The average Bonchev–Trinajstić information content (AvgIpc) is 2.28. The molecule has 1 amide bonds. The number of thioether (sulfide) groups is 1. The Balaban J connectivity index is 0.00000256. The van der Waals surface area contributed by atoms with Crippen molar-refractivity contribution in [1.82, 2.24) is 5.32 Å². The summed E-state index contributed by atoms with van der Waals surface area (Å²) in [6, 6.07) is 8.10. The lowest BCUT2D eigenvalue weighted by Crippen LogP contribution is -2.38. The van der Waals surface area contributed by atoms with Gasteiger partial charge in [-0.25, -0.2) is 0 Å². The van der Waals surface area contributed by atoms with Crippen molar-refractivity contribution in [3.8, 4) is 0 Å². The highest BCUT2D eigenvalue weighted by Gasteiger charge is 2.06. The number of carbonyl (C=O) groups excluding carboxylic acids is 1. The number of benzene rings is 1. The normalized spacial score (nSPS) is 11.5. The van der Waals surface area contributed by atoms with Crippen LogP contribution in [0.25, 0.3) is 0 Å². The fourth-order valence-corrected chi connectivity index (χ4v) is 2.08. The molecule has 0 radical (unpaired) electrons. The van der Waals surface area contributed by atoms with Crippen LogP contribution in [0.15, 0.2) is 29.2 Å². The molecule has 3 N–H and O–H groups in total. The Bertz CT molecular complexity index is 360. The summed E-state index contributed by atoms with van der Waals surface area (Å²) in [6.45, 7) is 4.42.